The molecule has 126 valence electrons. The Morgan fingerprint density at radius 2 is 1.92 bits per heavy atom. The van der Waals surface area contributed by atoms with Crippen molar-refractivity contribution in [2.45, 2.75) is 24.9 Å². The average Bonchev–Trinajstić information content (AvgIpc) is 3.24. The Morgan fingerprint density at radius 1 is 1.21 bits per heavy atom. The Hall–Kier alpha value is -2.68. The van der Waals surface area contributed by atoms with E-state index in [0.717, 1.165) is 9.87 Å². The molecule has 3 aromatic rings. The van der Waals surface area contributed by atoms with Crippen molar-refractivity contribution in [1.82, 2.24) is 24.7 Å². The van der Waals surface area contributed by atoms with Crippen molar-refractivity contribution in [3.05, 3.63) is 42.9 Å². The highest BCUT2D eigenvalue weighted by Gasteiger charge is 2.27. The Balaban J connectivity index is 1.90. The molecule has 24 heavy (non-hydrogen) atoms. The fourth-order valence-corrected chi connectivity index (χ4v) is 3.11. The van der Waals surface area contributed by atoms with Gasteiger partial charge in [-0.3, -0.25) is 5.10 Å². The molecule has 0 bridgehead atoms. The van der Waals surface area contributed by atoms with Crippen LogP contribution >= 0.6 is 0 Å². The minimum atomic E-state index is -3.82. The van der Waals surface area contributed by atoms with Gasteiger partial charge in [0.1, 0.15) is 0 Å². The first-order chi connectivity index (χ1) is 11.4. The number of benzene rings is 1. The van der Waals surface area contributed by atoms with Crippen molar-refractivity contribution in [3.8, 4) is 11.4 Å². The molecular formula is C15H18N6O2S. The van der Waals surface area contributed by atoms with Gasteiger partial charge in [-0.25, -0.2) is 9.29 Å². The number of nitrogens with one attached hydrogen (secondary N) is 1. The van der Waals surface area contributed by atoms with Crippen molar-refractivity contribution in [1.29, 1.82) is 0 Å². The number of rotatable bonds is 5. The van der Waals surface area contributed by atoms with E-state index in [1.165, 1.54) is 19.6 Å². The Kier molecular flexibility index (Phi) is 4.10. The molecule has 0 unspecified atom stereocenters. The predicted molar refractivity (Wildman–Crippen MR) is 90.0 cm³/mol. The van der Waals surface area contributed by atoms with Gasteiger partial charge in [-0.15, -0.1) is 5.10 Å². The van der Waals surface area contributed by atoms with E-state index >= 15 is 0 Å². The van der Waals surface area contributed by atoms with E-state index < -0.39 is 10.0 Å². The molecule has 0 radical (unpaired) electrons. The van der Waals surface area contributed by atoms with Crippen LogP contribution in [0.2, 0.25) is 0 Å². The summed E-state index contributed by atoms with van der Waals surface area (Å²) < 4.78 is 28.1. The van der Waals surface area contributed by atoms with Crippen LogP contribution in [0, 0.1) is 0 Å². The van der Waals surface area contributed by atoms with E-state index in [1.54, 1.807) is 4.57 Å². The molecule has 0 aliphatic rings. The Morgan fingerprint density at radius 3 is 2.54 bits per heavy atom. The second-order valence-corrected chi connectivity index (χ2v) is 7.49. The lowest BCUT2D eigenvalue weighted by Gasteiger charge is -2.13. The molecule has 0 amide bonds. The predicted octanol–water partition coefficient (Wildman–Crippen LogP) is 2.07. The first kappa shape index (κ1) is 16.2. The third kappa shape index (κ3) is 2.90. The van der Waals surface area contributed by atoms with Gasteiger partial charge in [0.05, 0.1) is 6.33 Å². The molecule has 0 saturated heterocycles. The van der Waals surface area contributed by atoms with Gasteiger partial charge in [0, 0.05) is 24.8 Å². The van der Waals surface area contributed by atoms with Crippen LogP contribution in [0.15, 0.2) is 47.9 Å². The van der Waals surface area contributed by atoms with Crippen LogP contribution in [-0.2, 0) is 10.0 Å². The standard InChI is InChI=1S/C15H18N6O2S/c1-11(2)21-9-13(16-10-21)24(22,23)20(3)15-17-14(18-19-15)12-7-5-4-6-8-12/h4-11H,1-3H3,(H,17,18,19). The summed E-state index contributed by atoms with van der Waals surface area (Å²) >= 11 is 0. The Bertz CT molecular complexity index is 930. The molecule has 2 heterocycles. The molecular weight excluding hydrogens is 328 g/mol. The Labute approximate surface area is 140 Å². The summed E-state index contributed by atoms with van der Waals surface area (Å²) in [7, 11) is -2.41. The molecule has 9 heteroatoms. The van der Waals surface area contributed by atoms with Gasteiger partial charge in [-0.1, -0.05) is 30.3 Å². The highest BCUT2D eigenvalue weighted by Crippen LogP contribution is 2.21. The van der Waals surface area contributed by atoms with E-state index in [0.29, 0.717) is 5.82 Å². The zero-order valence-corrected chi connectivity index (χ0v) is 14.4. The van der Waals surface area contributed by atoms with Crippen molar-refractivity contribution in [3.63, 3.8) is 0 Å². The first-order valence-corrected chi connectivity index (χ1v) is 8.84. The van der Waals surface area contributed by atoms with Crippen LogP contribution in [0.25, 0.3) is 11.4 Å². The van der Waals surface area contributed by atoms with Gasteiger partial charge < -0.3 is 4.57 Å². The molecule has 0 fully saturated rings. The second-order valence-electron chi connectivity index (χ2n) is 5.58. The van der Waals surface area contributed by atoms with E-state index in [4.69, 9.17) is 0 Å². The lowest BCUT2D eigenvalue weighted by molar-refractivity contribution is 0.586. The maximum atomic E-state index is 12.7. The third-order valence-electron chi connectivity index (χ3n) is 3.60. The molecule has 3 rings (SSSR count). The largest absolute Gasteiger partial charge is 0.334 e. The normalized spacial score (nSPS) is 11.8. The van der Waals surface area contributed by atoms with Gasteiger partial charge in [-0.2, -0.15) is 13.4 Å². The van der Waals surface area contributed by atoms with E-state index in [1.807, 2.05) is 44.2 Å². The number of nitrogens with zero attached hydrogens (tertiary/aromatic N) is 5. The van der Waals surface area contributed by atoms with Gasteiger partial charge in [0.25, 0.3) is 16.0 Å². The number of hydrogen-bond acceptors (Lipinski definition) is 5. The van der Waals surface area contributed by atoms with Crippen LogP contribution in [0.4, 0.5) is 5.95 Å². The number of anilines is 1. The molecule has 8 nitrogen and oxygen atoms in total. The fourth-order valence-electron chi connectivity index (χ4n) is 2.10. The monoisotopic (exact) mass is 346 g/mol. The number of H-pyrrole nitrogens is 1. The van der Waals surface area contributed by atoms with Gasteiger partial charge in [0.15, 0.2) is 10.9 Å². The minimum Gasteiger partial charge on any atom is -0.334 e. The molecule has 0 aliphatic heterocycles. The van der Waals surface area contributed by atoms with Crippen LogP contribution in [-0.4, -0.2) is 40.2 Å². The topological polar surface area (TPSA) is 96.8 Å². The smallest absolute Gasteiger partial charge is 0.285 e. The minimum absolute atomic E-state index is 0.0373. The van der Waals surface area contributed by atoms with Crippen LogP contribution in [0.1, 0.15) is 19.9 Å². The van der Waals surface area contributed by atoms with Crippen molar-refractivity contribution >= 4 is 16.0 Å². The number of aromatic amines is 1. The highest BCUT2D eigenvalue weighted by molar-refractivity contribution is 7.92. The molecule has 1 N–H and O–H groups in total. The van der Waals surface area contributed by atoms with Crippen molar-refractivity contribution in [2.75, 3.05) is 11.4 Å². The molecule has 0 atom stereocenters. The number of aromatic nitrogens is 5. The maximum Gasteiger partial charge on any atom is 0.285 e. The van der Waals surface area contributed by atoms with Crippen LogP contribution < -0.4 is 4.31 Å². The lowest BCUT2D eigenvalue weighted by atomic mass is 10.2. The summed E-state index contributed by atoms with van der Waals surface area (Å²) in [4.78, 5) is 8.25. The summed E-state index contributed by atoms with van der Waals surface area (Å²) in [5.41, 5.74) is 0.825. The molecule has 2 aromatic heterocycles. The number of sulfonamides is 1. The summed E-state index contributed by atoms with van der Waals surface area (Å²) in [5, 5.41) is 6.72. The number of imidazole rings is 1. The molecule has 0 saturated carbocycles. The average molecular weight is 346 g/mol. The summed E-state index contributed by atoms with van der Waals surface area (Å²) in [6.45, 7) is 3.90. The molecule has 0 spiro atoms. The molecule has 0 aliphatic carbocycles. The van der Waals surface area contributed by atoms with Crippen molar-refractivity contribution in [2.24, 2.45) is 0 Å². The van der Waals surface area contributed by atoms with E-state index in [2.05, 4.69) is 20.2 Å². The summed E-state index contributed by atoms with van der Waals surface area (Å²) in [6.07, 6.45) is 3.00. The fraction of sp³-hybridized carbons (Fsp3) is 0.267. The van der Waals surface area contributed by atoms with Gasteiger partial charge in [-0.05, 0) is 13.8 Å². The SMILES string of the molecule is CC(C)n1cnc(S(=O)(=O)N(C)c2n[nH]c(-c3ccccc3)n2)c1. The zero-order chi connectivity index (χ0) is 17.3. The lowest BCUT2D eigenvalue weighted by Crippen LogP contribution is -2.28. The quantitative estimate of drug-likeness (QED) is 0.763. The second kappa shape index (κ2) is 6.08. The zero-order valence-electron chi connectivity index (χ0n) is 13.6. The van der Waals surface area contributed by atoms with Crippen LogP contribution in [0.3, 0.4) is 0 Å². The van der Waals surface area contributed by atoms with Crippen LogP contribution in [0.5, 0.6) is 0 Å². The van der Waals surface area contributed by atoms with Gasteiger partial charge >= 0.3 is 0 Å². The molecule has 1 aromatic carbocycles. The highest BCUT2D eigenvalue weighted by atomic mass is 32.2. The number of hydrogen-bond donors (Lipinski definition) is 1. The van der Waals surface area contributed by atoms with E-state index in [-0.39, 0.29) is 17.0 Å². The summed E-state index contributed by atoms with van der Waals surface area (Å²) in [6, 6.07) is 9.49. The van der Waals surface area contributed by atoms with Gasteiger partial charge in [0.2, 0.25) is 0 Å². The van der Waals surface area contributed by atoms with E-state index in [9.17, 15) is 8.42 Å². The first-order valence-electron chi connectivity index (χ1n) is 7.40. The van der Waals surface area contributed by atoms with Crippen molar-refractivity contribution < 1.29 is 8.42 Å². The maximum absolute atomic E-state index is 12.7. The summed E-state index contributed by atoms with van der Waals surface area (Å²) in [5.74, 6) is 0.563. The third-order valence-corrected chi connectivity index (χ3v) is 5.23.